The Labute approximate surface area is 220 Å². The Morgan fingerprint density at radius 2 is 1.46 bits per heavy atom. The van der Waals surface area contributed by atoms with Crippen molar-refractivity contribution in [2.75, 3.05) is 6.61 Å². The lowest BCUT2D eigenvalue weighted by Gasteiger charge is -2.38. The molecule has 0 aromatic heterocycles. The van der Waals surface area contributed by atoms with Crippen molar-refractivity contribution in [1.82, 2.24) is 0 Å². The molecular formula is C32H38O5. The van der Waals surface area contributed by atoms with E-state index in [1.807, 2.05) is 54.6 Å². The molecule has 1 fully saturated rings. The van der Waals surface area contributed by atoms with Crippen LogP contribution in [0.3, 0.4) is 0 Å². The minimum atomic E-state index is -0.635. The molecule has 196 valence electrons. The number of rotatable bonds is 8. The molecule has 0 radical (unpaired) electrons. The van der Waals surface area contributed by atoms with Gasteiger partial charge >= 0.3 is 11.9 Å². The van der Waals surface area contributed by atoms with Gasteiger partial charge in [-0.3, -0.25) is 14.4 Å². The number of hydrogen-bond donors (Lipinski definition) is 0. The molecule has 0 bridgehead atoms. The average Bonchev–Trinajstić information content (AvgIpc) is 2.92. The molecule has 1 saturated carbocycles. The van der Waals surface area contributed by atoms with E-state index in [4.69, 9.17) is 9.47 Å². The van der Waals surface area contributed by atoms with Crippen LogP contribution >= 0.6 is 0 Å². The molecule has 0 aliphatic heterocycles. The first-order valence-corrected chi connectivity index (χ1v) is 13.5. The predicted octanol–water partition coefficient (Wildman–Crippen LogP) is 6.67. The van der Waals surface area contributed by atoms with Crippen molar-refractivity contribution in [3.05, 3.63) is 72.3 Å². The van der Waals surface area contributed by atoms with Crippen LogP contribution in [0, 0.1) is 29.6 Å². The van der Waals surface area contributed by atoms with Crippen LogP contribution in [0.5, 0.6) is 0 Å². The van der Waals surface area contributed by atoms with E-state index < -0.39 is 17.8 Å². The van der Waals surface area contributed by atoms with Crippen LogP contribution in [0.4, 0.5) is 0 Å². The molecule has 2 aliphatic rings. The SMILES string of the molecule is CC(C)[C@H]1CC[C@H](C)C[C@H]1OC(=O)[C@@H]1CC=CC[C@@H]1C(=O)OCC(=O)c1ccc(-c2ccccc2)cc1. The number of Topliss-reactive ketones (excluding diaryl/α,β-unsaturated/α-hetero) is 1. The van der Waals surface area contributed by atoms with E-state index in [2.05, 4.69) is 20.8 Å². The fraction of sp³-hybridized carbons (Fsp3) is 0.469. The predicted molar refractivity (Wildman–Crippen MR) is 144 cm³/mol. The topological polar surface area (TPSA) is 69.7 Å². The number of carbonyl (C=O) groups excluding carboxylic acids is 3. The van der Waals surface area contributed by atoms with Crippen molar-refractivity contribution >= 4 is 17.7 Å². The molecule has 4 rings (SSSR count). The zero-order chi connectivity index (χ0) is 26.4. The van der Waals surface area contributed by atoms with Crippen LogP contribution in [0.25, 0.3) is 11.1 Å². The van der Waals surface area contributed by atoms with Crippen LogP contribution in [-0.4, -0.2) is 30.4 Å². The Kier molecular flexibility index (Phi) is 8.96. The Morgan fingerprint density at radius 3 is 2.11 bits per heavy atom. The zero-order valence-corrected chi connectivity index (χ0v) is 22.1. The lowest BCUT2D eigenvalue weighted by Crippen LogP contribution is -2.40. The molecule has 2 aromatic rings. The number of benzene rings is 2. The highest BCUT2D eigenvalue weighted by atomic mass is 16.5. The van der Waals surface area contributed by atoms with Crippen molar-refractivity contribution in [2.24, 2.45) is 29.6 Å². The third-order valence-electron chi connectivity index (χ3n) is 7.93. The standard InChI is InChI=1S/C32H38O5/c1-21(2)26-18-13-22(3)19-30(26)37-32(35)28-12-8-7-11-27(28)31(34)36-20-29(33)25-16-14-24(15-17-25)23-9-5-4-6-10-23/h4-10,14-17,21-22,26-28,30H,11-13,18-20H2,1-3H3/t22-,26+,27-,28+,30+/m0/s1. The second-order valence-corrected chi connectivity index (χ2v) is 10.9. The number of ketones is 1. The summed E-state index contributed by atoms with van der Waals surface area (Å²) in [7, 11) is 0. The quantitative estimate of drug-likeness (QED) is 0.229. The van der Waals surface area contributed by atoms with Gasteiger partial charge in [-0.05, 0) is 54.6 Å². The second-order valence-electron chi connectivity index (χ2n) is 10.9. The van der Waals surface area contributed by atoms with Gasteiger partial charge in [-0.15, -0.1) is 0 Å². The maximum Gasteiger partial charge on any atom is 0.310 e. The third kappa shape index (κ3) is 6.76. The van der Waals surface area contributed by atoms with Gasteiger partial charge < -0.3 is 9.47 Å². The van der Waals surface area contributed by atoms with Crippen LogP contribution in [0.1, 0.15) is 63.2 Å². The van der Waals surface area contributed by atoms with Gasteiger partial charge in [0, 0.05) is 5.56 Å². The van der Waals surface area contributed by atoms with Gasteiger partial charge in [0.1, 0.15) is 6.10 Å². The fourth-order valence-corrected chi connectivity index (χ4v) is 5.63. The summed E-state index contributed by atoms with van der Waals surface area (Å²) in [6.07, 6.45) is 7.65. The number of carbonyl (C=O) groups is 3. The van der Waals surface area contributed by atoms with Crippen molar-refractivity contribution in [3.8, 4) is 11.1 Å². The molecule has 0 heterocycles. The zero-order valence-electron chi connectivity index (χ0n) is 22.1. The van der Waals surface area contributed by atoms with E-state index in [-0.39, 0.29) is 24.5 Å². The maximum atomic E-state index is 13.2. The maximum absolute atomic E-state index is 13.2. The van der Waals surface area contributed by atoms with Gasteiger partial charge in [0.15, 0.2) is 12.4 Å². The number of ether oxygens (including phenoxy) is 2. The molecule has 5 nitrogen and oxygen atoms in total. The van der Waals surface area contributed by atoms with Gasteiger partial charge in [0.25, 0.3) is 0 Å². The smallest absolute Gasteiger partial charge is 0.310 e. The molecule has 5 heteroatoms. The van der Waals surface area contributed by atoms with E-state index in [0.29, 0.717) is 36.2 Å². The highest BCUT2D eigenvalue weighted by Crippen LogP contribution is 2.37. The summed E-state index contributed by atoms with van der Waals surface area (Å²) in [4.78, 5) is 38.9. The molecule has 0 N–H and O–H groups in total. The molecule has 5 atom stereocenters. The molecule has 2 aromatic carbocycles. The number of allylic oxidation sites excluding steroid dienone is 2. The summed E-state index contributed by atoms with van der Waals surface area (Å²) in [5, 5.41) is 0. The summed E-state index contributed by atoms with van der Waals surface area (Å²) < 4.78 is 11.5. The average molecular weight is 503 g/mol. The van der Waals surface area contributed by atoms with Crippen LogP contribution < -0.4 is 0 Å². The van der Waals surface area contributed by atoms with E-state index in [0.717, 1.165) is 30.4 Å². The largest absolute Gasteiger partial charge is 0.462 e. The second kappa shape index (κ2) is 12.4. The fourth-order valence-electron chi connectivity index (χ4n) is 5.63. The summed E-state index contributed by atoms with van der Waals surface area (Å²) >= 11 is 0. The Balaban J connectivity index is 1.35. The number of esters is 2. The van der Waals surface area contributed by atoms with E-state index in [1.165, 1.54) is 0 Å². The highest BCUT2D eigenvalue weighted by Gasteiger charge is 2.40. The van der Waals surface area contributed by atoms with E-state index in [1.54, 1.807) is 12.1 Å². The van der Waals surface area contributed by atoms with E-state index >= 15 is 0 Å². The van der Waals surface area contributed by atoms with Crippen LogP contribution in [0.2, 0.25) is 0 Å². The third-order valence-corrected chi connectivity index (χ3v) is 7.93. The Hall–Kier alpha value is -3.21. The minimum Gasteiger partial charge on any atom is -0.462 e. The van der Waals surface area contributed by atoms with Crippen LogP contribution in [0.15, 0.2) is 66.7 Å². The van der Waals surface area contributed by atoms with Crippen molar-refractivity contribution < 1.29 is 23.9 Å². The van der Waals surface area contributed by atoms with Gasteiger partial charge in [-0.1, -0.05) is 93.9 Å². The van der Waals surface area contributed by atoms with Gasteiger partial charge in [0.05, 0.1) is 11.8 Å². The molecule has 0 spiro atoms. The molecule has 0 unspecified atom stereocenters. The Morgan fingerprint density at radius 1 is 0.838 bits per heavy atom. The molecular weight excluding hydrogens is 464 g/mol. The minimum absolute atomic E-state index is 0.112. The van der Waals surface area contributed by atoms with Crippen LogP contribution in [-0.2, 0) is 19.1 Å². The van der Waals surface area contributed by atoms with E-state index in [9.17, 15) is 14.4 Å². The summed E-state index contributed by atoms with van der Waals surface area (Å²) in [5.41, 5.74) is 2.56. The summed E-state index contributed by atoms with van der Waals surface area (Å²) in [5.74, 6) is -1.02. The van der Waals surface area contributed by atoms with Crippen molar-refractivity contribution in [3.63, 3.8) is 0 Å². The lowest BCUT2D eigenvalue weighted by atomic mass is 9.75. The normalized spacial score (nSPS) is 25.5. The molecule has 2 aliphatic carbocycles. The van der Waals surface area contributed by atoms with Crippen molar-refractivity contribution in [2.45, 2.75) is 59.0 Å². The molecule has 0 saturated heterocycles. The molecule has 0 amide bonds. The van der Waals surface area contributed by atoms with Gasteiger partial charge in [-0.2, -0.15) is 0 Å². The number of hydrogen-bond acceptors (Lipinski definition) is 5. The van der Waals surface area contributed by atoms with Gasteiger partial charge in [-0.25, -0.2) is 0 Å². The lowest BCUT2D eigenvalue weighted by molar-refractivity contribution is -0.168. The first kappa shape index (κ1) is 26.8. The summed E-state index contributed by atoms with van der Waals surface area (Å²) in [6, 6.07) is 17.2. The summed E-state index contributed by atoms with van der Waals surface area (Å²) in [6.45, 7) is 6.21. The molecule has 37 heavy (non-hydrogen) atoms. The Bertz CT molecular complexity index is 1100. The first-order chi connectivity index (χ1) is 17.8. The first-order valence-electron chi connectivity index (χ1n) is 13.5. The monoisotopic (exact) mass is 502 g/mol. The van der Waals surface area contributed by atoms with Crippen molar-refractivity contribution in [1.29, 1.82) is 0 Å². The van der Waals surface area contributed by atoms with Gasteiger partial charge in [0.2, 0.25) is 0 Å². The highest BCUT2D eigenvalue weighted by molar-refractivity contribution is 5.98.